The van der Waals surface area contributed by atoms with Crippen LogP contribution in [0.3, 0.4) is 0 Å². The van der Waals surface area contributed by atoms with Crippen molar-refractivity contribution in [3.05, 3.63) is 58.1 Å². The zero-order valence-corrected chi connectivity index (χ0v) is 13.1. The van der Waals surface area contributed by atoms with Crippen molar-refractivity contribution in [2.75, 3.05) is 11.6 Å². The van der Waals surface area contributed by atoms with Crippen molar-refractivity contribution in [1.29, 1.82) is 0 Å². The van der Waals surface area contributed by atoms with E-state index >= 15 is 0 Å². The van der Waals surface area contributed by atoms with Gasteiger partial charge in [-0.3, -0.25) is 4.79 Å². The summed E-state index contributed by atoms with van der Waals surface area (Å²) in [4.78, 5) is 12.6. The van der Waals surface area contributed by atoms with Gasteiger partial charge in [-0.1, -0.05) is 23.7 Å². The summed E-state index contributed by atoms with van der Waals surface area (Å²) >= 11 is 8.02. The summed E-state index contributed by atoms with van der Waals surface area (Å²) < 4.78 is 0. The van der Waals surface area contributed by atoms with E-state index in [2.05, 4.69) is 5.32 Å². The van der Waals surface area contributed by atoms with Gasteiger partial charge in [0.15, 0.2) is 0 Å². The fourth-order valence-corrected chi connectivity index (χ4v) is 3.19. The van der Waals surface area contributed by atoms with Crippen LogP contribution in [0.2, 0.25) is 5.02 Å². The number of benzene rings is 2. The van der Waals surface area contributed by atoms with Gasteiger partial charge in [-0.15, -0.1) is 11.8 Å². The zero-order valence-electron chi connectivity index (χ0n) is 11.5. The number of carbonyl (C=O) groups excluding carboxylic acids is 1. The van der Waals surface area contributed by atoms with Crippen molar-refractivity contribution in [3.8, 4) is 0 Å². The molecule has 1 aliphatic heterocycles. The predicted molar refractivity (Wildman–Crippen MR) is 88.0 cm³/mol. The van der Waals surface area contributed by atoms with Gasteiger partial charge >= 0.3 is 0 Å². The Kier molecular flexibility index (Phi) is 3.93. The number of hydrogen-bond acceptors (Lipinski definition) is 3. The topological polar surface area (TPSA) is 55.1 Å². The average Bonchev–Trinajstić information content (AvgIpc) is 2.85. The second kappa shape index (κ2) is 5.72. The van der Waals surface area contributed by atoms with Crippen LogP contribution in [-0.2, 0) is 11.2 Å². The molecule has 0 aliphatic carbocycles. The molecular weight excluding hydrogens is 304 g/mol. The first-order valence-corrected chi connectivity index (χ1v) is 8.20. The summed E-state index contributed by atoms with van der Waals surface area (Å²) in [6, 6.07) is 11.6. The quantitative estimate of drug-likeness (QED) is 0.850. The molecule has 5 heteroatoms. The van der Waals surface area contributed by atoms with Crippen molar-refractivity contribution in [3.63, 3.8) is 0 Å². The molecule has 0 spiro atoms. The van der Waals surface area contributed by atoms with Crippen LogP contribution < -0.4 is 11.1 Å². The van der Waals surface area contributed by atoms with E-state index in [0.717, 1.165) is 22.4 Å². The number of halogens is 1. The zero-order chi connectivity index (χ0) is 15.0. The molecule has 0 saturated carbocycles. The maximum Gasteiger partial charge on any atom is 0.228 e. The Labute approximate surface area is 132 Å². The highest BCUT2D eigenvalue weighted by Gasteiger charge is 2.22. The largest absolute Gasteiger partial charge is 0.325 e. The second-order valence-electron chi connectivity index (χ2n) is 5.01. The van der Waals surface area contributed by atoms with Gasteiger partial charge in [-0.05, 0) is 47.2 Å². The van der Waals surface area contributed by atoms with Crippen molar-refractivity contribution < 1.29 is 4.79 Å². The van der Waals surface area contributed by atoms with E-state index in [-0.39, 0.29) is 11.9 Å². The molecule has 0 saturated heterocycles. The molecule has 0 radical (unpaired) electrons. The van der Waals surface area contributed by atoms with Crippen molar-refractivity contribution in [2.45, 2.75) is 17.4 Å². The molecule has 0 aromatic heterocycles. The minimum Gasteiger partial charge on any atom is -0.325 e. The SMILES string of the molecule is CSc1ccc(C(N)c2cc3c(cc2Cl)NC(=O)C3)cc1. The highest BCUT2D eigenvalue weighted by atomic mass is 35.5. The van der Waals surface area contributed by atoms with Crippen LogP contribution >= 0.6 is 23.4 Å². The molecule has 1 unspecified atom stereocenters. The van der Waals surface area contributed by atoms with E-state index in [0.29, 0.717) is 11.4 Å². The Hall–Kier alpha value is -1.49. The summed E-state index contributed by atoms with van der Waals surface area (Å²) in [6.45, 7) is 0. The standard InChI is InChI=1S/C16H15ClN2OS/c1-21-11-4-2-9(3-5-11)16(18)12-6-10-7-15(20)19-14(10)8-13(12)17/h2-6,8,16H,7,18H2,1H3,(H,19,20). The summed E-state index contributed by atoms with van der Waals surface area (Å²) in [5, 5.41) is 3.37. The first-order valence-electron chi connectivity index (χ1n) is 6.60. The van der Waals surface area contributed by atoms with Crippen LogP contribution in [0.5, 0.6) is 0 Å². The second-order valence-corrected chi connectivity index (χ2v) is 6.29. The third kappa shape index (κ3) is 2.79. The Morgan fingerprint density at radius 1 is 1.29 bits per heavy atom. The van der Waals surface area contributed by atoms with E-state index in [1.165, 1.54) is 4.90 Å². The lowest BCUT2D eigenvalue weighted by molar-refractivity contribution is -0.115. The van der Waals surface area contributed by atoms with Gasteiger partial charge < -0.3 is 11.1 Å². The number of rotatable bonds is 3. The first kappa shape index (κ1) is 14.4. The number of nitrogens with one attached hydrogen (secondary N) is 1. The molecule has 108 valence electrons. The van der Waals surface area contributed by atoms with Crippen LogP contribution in [-0.4, -0.2) is 12.2 Å². The van der Waals surface area contributed by atoms with Gasteiger partial charge in [0, 0.05) is 15.6 Å². The van der Waals surface area contributed by atoms with E-state index in [4.69, 9.17) is 17.3 Å². The molecule has 2 aromatic carbocycles. The first-order chi connectivity index (χ1) is 10.1. The van der Waals surface area contributed by atoms with E-state index < -0.39 is 0 Å². The monoisotopic (exact) mass is 318 g/mol. The number of anilines is 1. The number of nitrogens with two attached hydrogens (primary N) is 1. The van der Waals surface area contributed by atoms with Crippen LogP contribution in [0.1, 0.15) is 22.7 Å². The Morgan fingerprint density at radius 3 is 2.67 bits per heavy atom. The predicted octanol–water partition coefficient (Wildman–Crippen LogP) is 3.60. The summed E-state index contributed by atoms with van der Waals surface area (Å²) in [6.07, 6.45) is 2.42. The van der Waals surface area contributed by atoms with Crippen LogP contribution in [0.25, 0.3) is 0 Å². The average molecular weight is 319 g/mol. The maximum atomic E-state index is 11.4. The number of fused-ring (bicyclic) bond motifs is 1. The van der Waals surface area contributed by atoms with E-state index in [1.807, 2.05) is 36.6 Å². The molecular formula is C16H15ClN2OS. The van der Waals surface area contributed by atoms with Crippen LogP contribution in [0, 0.1) is 0 Å². The molecule has 1 atom stereocenters. The Bertz CT molecular complexity index is 700. The smallest absolute Gasteiger partial charge is 0.228 e. The maximum absolute atomic E-state index is 11.4. The van der Waals surface area contributed by atoms with Crippen LogP contribution in [0.15, 0.2) is 41.3 Å². The minimum atomic E-state index is -0.297. The number of thioether (sulfide) groups is 1. The van der Waals surface area contributed by atoms with Crippen molar-refractivity contribution in [1.82, 2.24) is 0 Å². The summed E-state index contributed by atoms with van der Waals surface area (Å²) in [7, 11) is 0. The van der Waals surface area contributed by atoms with Crippen molar-refractivity contribution >= 4 is 35.0 Å². The fraction of sp³-hybridized carbons (Fsp3) is 0.188. The molecule has 3 nitrogen and oxygen atoms in total. The van der Waals surface area contributed by atoms with Gasteiger partial charge in [0.25, 0.3) is 0 Å². The summed E-state index contributed by atoms with van der Waals surface area (Å²) in [5.74, 6) is -0.00360. The van der Waals surface area contributed by atoms with Gasteiger partial charge in [0.1, 0.15) is 0 Å². The Balaban J connectivity index is 1.96. The molecule has 0 bridgehead atoms. The Morgan fingerprint density at radius 2 is 2.00 bits per heavy atom. The highest BCUT2D eigenvalue weighted by Crippen LogP contribution is 2.34. The minimum absolute atomic E-state index is 0.00360. The molecule has 0 fully saturated rings. The van der Waals surface area contributed by atoms with Gasteiger partial charge in [0.2, 0.25) is 5.91 Å². The third-order valence-corrected chi connectivity index (χ3v) is 4.73. The molecule has 3 rings (SSSR count). The van der Waals surface area contributed by atoms with Gasteiger partial charge in [0.05, 0.1) is 12.5 Å². The lowest BCUT2D eigenvalue weighted by atomic mass is 9.97. The lowest BCUT2D eigenvalue weighted by Crippen LogP contribution is -2.12. The number of amides is 1. The highest BCUT2D eigenvalue weighted by molar-refractivity contribution is 7.98. The molecule has 21 heavy (non-hydrogen) atoms. The van der Waals surface area contributed by atoms with E-state index in [9.17, 15) is 4.79 Å². The third-order valence-electron chi connectivity index (χ3n) is 3.66. The van der Waals surface area contributed by atoms with Gasteiger partial charge in [-0.2, -0.15) is 0 Å². The number of hydrogen-bond donors (Lipinski definition) is 2. The lowest BCUT2D eigenvalue weighted by Gasteiger charge is -2.16. The fourth-order valence-electron chi connectivity index (χ4n) is 2.50. The molecule has 1 amide bonds. The van der Waals surface area contributed by atoms with E-state index in [1.54, 1.807) is 17.8 Å². The van der Waals surface area contributed by atoms with Crippen molar-refractivity contribution in [2.24, 2.45) is 5.73 Å². The van der Waals surface area contributed by atoms with Gasteiger partial charge in [-0.25, -0.2) is 0 Å². The van der Waals surface area contributed by atoms with Crippen LogP contribution in [0.4, 0.5) is 5.69 Å². The summed E-state index contributed by atoms with van der Waals surface area (Å²) in [5.41, 5.74) is 9.94. The molecule has 2 aromatic rings. The normalized spacial score (nSPS) is 14.7. The molecule has 1 aliphatic rings. The molecule has 1 heterocycles. The molecule has 3 N–H and O–H groups in total. The number of carbonyl (C=O) groups is 1.